The molecule has 0 saturated heterocycles. The molecule has 0 N–H and O–H groups in total. The van der Waals surface area contributed by atoms with E-state index in [1.165, 1.54) is 475 Å². The fraction of sp³-hybridized carbons (Fsp3) is 1.00. The smallest absolute Gasteiger partial charge is 0.0321 e. The van der Waals surface area contributed by atoms with Crippen LogP contribution in [0.3, 0.4) is 0 Å². The molecular weight excluding hydrogens is 1690 g/mol. The van der Waals surface area contributed by atoms with Crippen molar-refractivity contribution in [3.63, 3.8) is 0 Å². The Labute approximate surface area is 872 Å². The van der Waals surface area contributed by atoms with Crippen LogP contribution in [0.1, 0.15) is 559 Å². The minimum atomic E-state index is 1.15. The SMILES string of the molecule is C1C2CC3C4CC5CC(C14)C(C2)C3C5.C1C2CC3CC1CC(C2)C3.C1CC1.C1CC2CC1C1C3CC(C21)C1C2CCC(C2)C31.C1CC2CC1C1C3CCC(C3)C21.C1CC2CCC1C1C3CCC(C21)C1C2CCC(CC2)C31.C1CC2CCC1C1C3CCC(C3)C21.C1CC2CCC1C1C3CCC(CC3)C21.C1CC2CCC1C2.C1CC2CCC1CC2.C1CCC1.C1CCCC1.C1CCCCC1.C1CCCCCCC1. The lowest BCUT2D eigenvalue weighted by atomic mass is 9.35. The van der Waals surface area contributed by atoms with Gasteiger partial charge < -0.3 is 0 Å². The van der Waals surface area contributed by atoms with Crippen LogP contribution >= 0.6 is 0 Å². The average Bonchev–Trinajstić information content (AvgIpc) is 1.47. The molecule has 0 nitrogen and oxygen atoms in total. The van der Waals surface area contributed by atoms with Gasteiger partial charge in [-0.15, -0.1) is 0 Å². The molecule has 0 radical (unpaired) electrons. The van der Waals surface area contributed by atoms with Crippen molar-refractivity contribution in [3.05, 3.63) is 0 Å². The van der Waals surface area contributed by atoms with Crippen LogP contribution in [0.15, 0.2) is 0 Å². The van der Waals surface area contributed by atoms with Crippen molar-refractivity contribution in [2.45, 2.75) is 559 Å². The van der Waals surface area contributed by atoms with E-state index in [1.807, 2.05) is 0 Å². The Balaban J connectivity index is 0.0000000760. The van der Waals surface area contributed by atoms with Crippen LogP contribution in [0, 0.1) is 320 Å². The van der Waals surface area contributed by atoms with E-state index in [0.29, 0.717) is 0 Å². The van der Waals surface area contributed by atoms with E-state index in [-0.39, 0.29) is 0 Å². The summed E-state index contributed by atoms with van der Waals surface area (Å²) in [6, 6.07) is 0. The van der Waals surface area contributed by atoms with Crippen molar-refractivity contribution in [1.82, 2.24) is 0 Å². The van der Waals surface area contributed by atoms with Crippen LogP contribution in [-0.2, 0) is 0 Å². The monoisotopic (exact) mass is 1920 g/mol. The van der Waals surface area contributed by atoms with Crippen molar-refractivity contribution in [2.24, 2.45) is 320 Å². The molecule has 51 rings (SSSR count). The van der Waals surface area contributed by atoms with Gasteiger partial charge in [0.25, 0.3) is 0 Å². The highest BCUT2D eigenvalue weighted by Crippen LogP contribution is 2.79. The topological polar surface area (TPSA) is 0 Å². The molecule has 20 unspecified atom stereocenters. The van der Waals surface area contributed by atoms with Crippen LogP contribution in [0.4, 0.5) is 0 Å². The van der Waals surface area contributed by atoms with Gasteiger partial charge in [0.2, 0.25) is 0 Å². The predicted octanol–water partition coefficient (Wildman–Crippen LogP) is 40.6. The van der Waals surface area contributed by atoms with Crippen LogP contribution in [0.5, 0.6) is 0 Å². The average molecular weight is 1920 g/mol. The summed E-state index contributed by atoms with van der Waals surface area (Å²) in [5, 5.41) is 0. The van der Waals surface area contributed by atoms with E-state index < -0.39 is 0 Å². The van der Waals surface area contributed by atoms with Gasteiger partial charge in [0.15, 0.2) is 0 Å². The first-order valence-electron chi connectivity index (χ1n) is 69.8. The fourth-order valence-electron chi connectivity index (χ4n) is 54.1. The molecule has 40 bridgehead atoms. The Morgan fingerprint density at radius 3 is 0.362 bits per heavy atom. The van der Waals surface area contributed by atoms with Gasteiger partial charge in [-0.1, -0.05) is 231 Å². The Bertz CT molecular complexity index is 3400. The zero-order chi connectivity index (χ0) is 92.7. The maximum atomic E-state index is 1.70. The lowest BCUT2D eigenvalue weighted by Crippen LogP contribution is -2.63. The van der Waals surface area contributed by atoms with Crippen molar-refractivity contribution < 1.29 is 0 Å². The van der Waals surface area contributed by atoms with E-state index in [9.17, 15) is 0 Å². The molecule has 0 heteroatoms. The molecule has 51 aliphatic carbocycles. The molecule has 51 saturated carbocycles. The number of rotatable bonds is 0. The lowest BCUT2D eigenvalue weighted by Gasteiger charge is -2.70. The van der Waals surface area contributed by atoms with Gasteiger partial charge >= 0.3 is 0 Å². The second kappa shape index (κ2) is 43.6. The molecular formula is C141H228. The highest BCUT2D eigenvalue weighted by molar-refractivity contribution is 5.21. The highest BCUT2D eigenvalue weighted by atomic mass is 14.8. The first-order chi connectivity index (χ1) is 69.8. The van der Waals surface area contributed by atoms with Crippen molar-refractivity contribution in [3.8, 4) is 0 Å². The summed E-state index contributed by atoms with van der Waals surface area (Å²) in [7, 11) is 0. The molecule has 20 atom stereocenters. The molecule has 0 aliphatic heterocycles. The van der Waals surface area contributed by atoms with E-state index >= 15 is 0 Å². The summed E-state index contributed by atoms with van der Waals surface area (Å²) in [5.41, 5.74) is 0. The highest BCUT2D eigenvalue weighted by Gasteiger charge is 2.72. The zero-order valence-electron chi connectivity index (χ0n) is 92.7. The number of hydrogen-bond donors (Lipinski definition) is 0. The molecule has 51 fully saturated rings. The molecule has 0 heterocycles. The summed E-state index contributed by atoms with van der Waals surface area (Å²) >= 11 is 0. The van der Waals surface area contributed by atoms with Crippen molar-refractivity contribution in [1.29, 1.82) is 0 Å². The van der Waals surface area contributed by atoms with Crippen LogP contribution in [0.25, 0.3) is 0 Å². The van der Waals surface area contributed by atoms with Crippen molar-refractivity contribution in [2.75, 3.05) is 0 Å². The summed E-state index contributed by atoms with van der Waals surface area (Å²) < 4.78 is 0. The number of hydrogen-bond acceptors (Lipinski definition) is 0. The third-order valence-electron chi connectivity index (χ3n) is 58.6. The molecule has 0 amide bonds. The maximum Gasteiger partial charge on any atom is -0.0321 e. The molecule has 141 heavy (non-hydrogen) atoms. The van der Waals surface area contributed by atoms with E-state index in [1.54, 1.807) is 392 Å². The van der Waals surface area contributed by atoms with E-state index in [0.717, 1.165) is 11.8 Å². The lowest BCUT2D eigenvalue weighted by molar-refractivity contribution is -0.211. The standard InChI is InChI=1S/C20H30.C17H24.C14H20.C14H22.C13H20.C12H18.C10H16.C8H14.C8H16.C7H12.C6H12.C5H10.C4H8.C3H6/c1-2-12-4-3-11(1)17-15-9-10-16(18(12)17)20-14-7-5-13(6-8-14)19(15)20;1-2-9-5-8(1)14-12-7-13(15(9)14)17-11-4-3-10(6-11)16(12)17;1-7-2-12-10-4-8-5-11(9(1)10)13(3-7)14(12)6-8;1-2-10-4-3-9(1)13-11-5-7-12(8-6-11)14(10)13;1-2-9-4-3-8(1)12-10-5-6-11(7-10)13(9)12;1-2-8-5-7(1)11-9-3-4-10(6-9)12(8)11;1-7-2-9-4-8(1)5-10(3-7)6-9;1-2-8-5-3-7(1)4-6-8;1-2-4-6-8-7-5-3-1;1-2-7-4-3-6(1)5-7;1-2-4-6-5-3-1;1-2-4-5-3-1;1-2-4-3-1;1-2-3-1/h11-20H,1-10H2;8-17H,1-7H2;7-14H,1-6H2;9-14H,1-8H2;8-13H,1-7H2;7-12H,1-6H2;7-10H,1-6H2;7-8H,1-6H2;1-8H2;6-7H,1-5H2;1-6H2;1-5H2;1-4H2;1-3H2. The Hall–Kier alpha value is 0. The Morgan fingerprint density at radius 1 is 0.0638 bits per heavy atom. The van der Waals surface area contributed by atoms with Crippen molar-refractivity contribution >= 4 is 0 Å². The van der Waals surface area contributed by atoms with E-state index in [4.69, 9.17) is 0 Å². The third-order valence-corrected chi connectivity index (χ3v) is 58.6. The maximum absolute atomic E-state index is 1.70. The Morgan fingerprint density at radius 2 is 0.191 bits per heavy atom. The van der Waals surface area contributed by atoms with Gasteiger partial charge in [-0.3, -0.25) is 0 Å². The molecule has 792 valence electrons. The summed E-state index contributed by atoms with van der Waals surface area (Å²) in [6.45, 7) is 0. The minimum Gasteiger partial charge on any atom is -0.0533 e. The van der Waals surface area contributed by atoms with Crippen LogP contribution in [-0.4, -0.2) is 0 Å². The largest absolute Gasteiger partial charge is 0.0533 e. The molecule has 51 aliphatic rings. The predicted molar refractivity (Wildman–Crippen MR) is 590 cm³/mol. The minimum absolute atomic E-state index is 1.15. The third kappa shape index (κ3) is 19.6. The Kier molecular flexibility index (Phi) is 30.3. The first-order valence-corrected chi connectivity index (χ1v) is 69.8. The second-order valence-electron chi connectivity index (χ2n) is 64.4. The number of fused-ring (bicyclic) bond motifs is 43. The van der Waals surface area contributed by atoms with Crippen LogP contribution in [0.2, 0.25) is 0 Å². The van der Waals surface area contributed by atoms with Gasteiger partial charge in [-0.2, -0.15) is 0 Å². The van der Waals surface area contributed by atoms with Gasteiger partial charge in [0.1, 0.15) is 0 Å². The quantitative estimate of drug-likeness (QED) is 0.212. The van der Waals surface area contributed by atoms with Gasteiger partial charge in [-0.25, -0.2) is 0 Å². The van der Waals surface area contributed by atoms with Crippen LogP contribution < -0.4 is 0 Å². The van der Waals surface area contributed by atoms with Gasteiger partial charge in [-0.05, 0) is 647 Å². The summed E-state index contributed by atoms with van der Waals surface area (Å²) in [5.74, 6) is 65.1. The summed E-state index contributed by atoms with van der Waals surface area (Å²) in [6.07, 6.45) is 137. The fourth-order valence-corrected chi connectivity index (χ4v) is 54.1. The van der Waals surface area contributed by atoms with E-state index in [2.05, 4.69) is 0 Å². The first kappa shape index (κ1) is 97.9. The second-order valence-corrected chi connectivity index (χ2v) is 64.4. The molecule has 0 aromatic heterocycles. The molecule has 0 spiro atoms. The summed E-state index contributed by atoms with van der Waals surface area (Å²) in [4.78, 5) is 0. The zero-order valence-corrected chi connectivity index (χ0v) is 92.7. The molecule has 0 aromatic rings. The van der Waals surface area contributed by atoms with Gasteiger partial charge in [0.05, 0.1) is 0 Å². The van der Waals surface area contributed by atoms with Gasteiger partial charge in [0, 0.05) is 0 Å². The molecule has 0 aromatic carbocycles. The normalized spacial score (nSPS) is 56.2.